The second-order valence-electron chi connectivity index (χ2n) is 7.24. The van der Waals surface area contributed by atoms with Gasteiger partial charge >= 0.3 is 0 Å². The summed E-state index contributed by atoms with van der Waals surface area (Å²) >= 11 is 0. The predicted molar refractivity (Wildman–Crippen MR) is 105 cm³/mol. The molecule has 4 rings (SSSR count). The standard InChI is InChI=1S/C24H23FO2/c1-15-8-11-21(24(27-2)23(15)25)22-19(16-6-4-3-5-7-16)12-9-17-14-18(26)10-13-20(17)22/h3-8,10-11,13-14,19,22,26H,9,12H2,1-2H3. The van der Waals surface area contributed by atoms with Gasteiger partial charge in [0.2, 0.25) is 0 Å². The first-order valence-corrected chi connectivity index (χ1v) is 9.30. The summed E-state index contributed by atoms with van der Waals surface area (Å²) in [6.45, 7) is 1.75. The van der Waals surface area contributed by atoms with Gasteiger partial charge in [-0.3, -0.25) is 0 Å². The summed E-state index contributed by atoms with van der Waals surface area (Å²) in [6, 6.07) is 19.7. The van der Waals surface area contributed by atoms with Crippen LogP contribution in [-0.2, 0) is 6.42 Å². The van der Waals surface area contributed by atoms with Crippen molar-refractivity contribution in [2.24, 2.45) is 0 Å². The molecule has 0 aliphatic heterocycles. The topological polar surface area (TPSA) is 29.5 Å². The number of hydrogen-bond acceptors (Lipinski definition) is 2. The third-order valence-electron chi connectivity index (χ3n) is 5.68. The van der Waals surface area contributed by atoms with Gasteiger partial charge in [0.25, 0.3) is 0 Å². The van der Waals surface area contributed by atoms with Crippen LogP contribution < -0.4 is 4.74 Å². The molecule has 2 nitrogen and oxygen atoms in total. The first kappa shape index (κ1) is 17.6. The normalized spacial score (nSPS) is 18.8. The van der Waals surface area contributed by atoms with Gasteiger partial charge in [-0.05, 0) is 60.1 Å². The van der Waals surface area contributed by atoms with E-state index in [1.807, 2.05) is 42.5 Å². The van der Waals surface area contributed by atoms with Gasteiger partial charge < -0.3 is 9.84 Å². The van der Waals surface area contributed by atoms with Gasteiger partial charge in [-0.15, -0.1) is 0 Å². The van der Waals surface area contributed by atoms with Crippen molar-refractivity contribution in [1.29, 1.82) is 0 Å². The van der Waals surface area contributed by atoms with E-state index >= 15 is 0 Å². The van der Waals surface area contributed by atoms with Crippen LogP contribution in [0.4, 0.5) is 4.39 Å². The highest BCUT2D eigenvalue weighted by atomic mass is 19.1. The maximum atomic E-state index is 14.8. The zero-order chi connectivity index (χ0) is 19.0. The van der Waals surface area contributed by atoms with Crippen LogP contribution in [0.2, 0.25) is 0 Å². The molecule has 0 fully saturated rings. The van der Waals surface area contributed by atoms with E-state index in [9.17, 15) is 9.50 Å². The molecule has 0 spiro atoms. The first-order valence-electron chi connectivity index (χ1n) is 9.30. The Morgan fingerprint density at radius 1 is 1.00 bits per heavy atom. The minimum Gasteiger partial charge on any atom is -0.508 e. The Labute approximate surface area is 159 Å². The average molecular weight is 362 g/mol. The second-order valence-corrected chi connectivity index (χ2v) is 7.24. The third-order valence-corrected chi connectivity index (χ3v) is 5.68. The smallest absolute Gasteiger partial charge is 0.168 e. The second kappa shape index (κ2) is 7.07. The summed E-state index contributed by atoms with van der Waals surface area (Å²) in [5, 5.41) is 9.92. The lowest BCUT2D eigenvalue weighted by Crippen LogP contribution is -2.21. The lowest BCUT2D eigenvalue weighted by atomic mass is 9.69. The Balaban J connectivity index is 1.94. The molecular weight excluding hydrogens is 339 g/mol. The Kier molecular flexibility index (Phi) is 4.61. The SMILES string of the molecule is COc1c(C2c3ccc(O)cc3CCC2c2ccccc2)ccc(C)c1F. The average Bonchev–Trinajstić information content (AvgIpc) is 2.69. The highest BCUT2D eigenvalue weighted by Gasteiger charge is 2.34. The molecule has 138 valence electrons. The molecule has 1 N–H and O–H groups in total. The van der Waals surface area contributed by atoms with Crippen LogP contribution in [0, 0.1) is 12.7 Å². The zero-order valence-corrected chi connectivity index (χ0v) is 15.6. The van der Waals surface area contributed by atoms with Crippen LogP contribution in [0.5, 0.6) is 11.5 Å². The number of hydrogen-bond donors (Lipinski definition) is 1. The number of aryl methyl sites for hydroxylation is 2. The molecule has 0 aromatic heterocycles. The number of fused-ring (bicyclic) bond motifs is 1. The summed E-state index contributed by atoms with van der Waals surface area (Å²) in [5.74, 6) is 0.489. The molecule has 2 atom stereocenters. The Bertz CT molecular complexity index is 966. The van der Waals surface area contributed by atoms with Crippen LogP contribution in [0.25, 0.3) is 0 Å². The molecule has 1 aliphatic rings. The van der Waals surface area contributed by atoms with Crippen molar-refractivity contribution < 1.29 is 14.2 Å². The molecule has 2 unspecified atom stereocenters. The van der Waals surface area contributed by atoms with Crippen LogP contribution in [0.3, 0.4) is 0 Å². The summed E-state index contributed by atoms with van der Waals surface area (Å²) in [6.07, 6.45) is 1.82. The summed E-state index contributed by atoms with van der Waals surface area (Å²) < 4.78 is 20.3. The minimum absolute atomic E-state index is 0.0261. The predicted octanol–water partition coefficient (Wildman–Crippen LogP) is 5.71. The highest BCUT2D eigenvalue weighted by molar-refractivity contribution is 5.52. The van der Waals surface area contributed by atoms with Crippen LogP contribution in [0.1, 0.15) is 46.1 Å². The van der Waals surface area contributed by atoms with Crippen LogP contribution in [0.15, 0.2) is 60.7 Å². The van der Waals surface area contributed by atoms with Crippen molar-refractivity contribution in [3.8, 4) is 11.5 Å². The van der Waals surface area contributed by atoms with Crippen LogP contribution in [-0.4, -0.2) is 12.2 Å². The first-order chi connectivity index (χ1) is 13.1. The summed E-state index contributed by atoms with van der Waals surface area (Å²) in [7, 11) is 1.53. The molecular formula is C24H23FO2. The Morgan fingerprint density at radius 3 is 2.48 bits per heavy atom. The van der Waals surface area contributed by atoms with Gasteiger partial charge in [-0.25, -0.2) is 4.39 Å². The molecule has 0 heterocycles. The number of phenolic OH excluding ortho intramolecular Hbond substituents is 1. The number of methoxy groups -OCH3 is 1. The van der Waals surface area contributed by atoms with E-state index in [-0.39, 0.29) is 23.4 Å². The summed E-state index contributed by atoms with van der Waals surface area (Å²) in [5.41, 5.74) is 4.93. The van der Waals surface area contributed by atoms with E-state index in [2.05, 4.69) is 12.1 Å². The number of halogens is 1. The fourth-order valence-corrected chi connectivity index (χ4v) is 4.37. The molecule has 0 bridgehead atoms. The maximum absolute atomic E-state index is 14.8. The molecule has 0 amide bonds. The van der Waals surface area contributed by atoms with Crippen molar-refractivity contribution >= 4 is 0 Å². The zero-order valence-electron chi connectivity index (χ0n) is 15.6. The number of benzene rings is 3. The van der Waals surface area contributed by atoms with E-state index in [4.69, 9.17) is 4.74 Å². The molecule has 1 aliphatic carbocycles. The largest absolute Gasteiger partial charge is 0.508 e. The van der Waals surface area contributed by atoms with Gasteiger partial charge in [0.15, 0.2) is 11.6 Å². The van der Waals surface area contributed by atoms with Gasteiger partial charge in [0, 0.05) is 11.5 Å². The van der Waals surface area contributed by atoms with E-state index in [0.717, 1.165) is 29.5 Å². The number of phenols is 1. The van der Waals surface area contributed by atoms with Crippen molar-refractivity contribution in [3.63, 3.8) is 0 Å². The minimum atomic E-state index is -0.298. The fourth-order valence-electron chi connectivity index (χ4n) is 4.37. The van der Waals surface area contributed by atoms with Gasteiger partial charge in [-0.1, -0.05) is 48.5 Å². The number of rotatable bonds is 3. The molecule has 27 heavy (non-hydrogen) atoms. The van der Waals surface area contributed by atoms with E-state index in [0.29, 0.717) is 11.3 Å². The van der Waals surface area contributed by atoms with E-state index in [1.165, 1.54) is 12.7 Å². The summed E-state index contributed by atoms with van der Waals surface area (Å²) in [4.78, 5) is 0. The van der Waals surface area contributed by atoms with E-state index < -0.39 is 0 Å². The molecule has 3 heteroatoms. The maximum Gasteiger partial charge on any atom is 0.168 e. The van der Waals surface area contributed by atoms with Gasteiger partial charge in [0.1, 0.15) is 5.75 Å². The lowest BCUT2D eigenvalue weighted by Gasteiger charge is -2.35. The van der Waals surface area contributed by atoms with Crippen molar-refractivity contribution in [1.82, 2.24) is 0 Å². The van der Waals surface area contributed by atoms with Gasteiger partial charge in [0.05, 0.1) is 7.11 Å². The van der Waals surface area contributed by atoms with Crippen molar-refractivity contribution in [3.05, 3.63) is 94.3 Å². The molecule has 3 aromatic rings. The van der Waals surface area contributed by atoms with Crippen molar-refractivity contribution in [2.75, 3.05) is 7.11 Å². The van der Waals surface area contributed by atoms with E-state index in [1.54, 1.807) is 13.0 Å². The molecule has 0 radical (unpaired) electrons. The Morgan fingerprint density at radius 2 is 1.74 bits per heavy atom. The quantitative estimate of drug-likeness (QED) is 0.647. The highest BCUT2D eigenvalue weighted by Crippen LogP contribution is 2.49. The van der Waals surface area contributed by atoms with Gasteiger partial charge in [-0.2, -0.15) is 0 Å². The number of ether oxygens (including phenoxy) is 1. The lowest BCUT2D eigenvalue weighted by molar-refractivity contribution is 0.372. The third kappa shape index (κ3) is 3.08. The molecule has 3 aromatic carbocycles. The van der Waals surface area contributed by atoms with Crippen LogP contribution >= 0.6 is 0 Å². The Hall–Kier alpha value is -2.81. The van der Waals surface area contributed by atoms with Crippen molar-refractivity contribution in [2.45, 2.75) is 31.6 Å². The monoisotopic (exact) mass is 362 g/mol. The molecule has 0 saturated heterocycles. The molecule has 0 saturated carbocycles. The number of aromatic hydroxyl groups is 1. The fraction of sp³-hybridized carbons (Fsp3) is 0.250.